The van der Waals surface area contributed by atoms with Gasteiger partial charge in [-0.1, -0.05) is 13.3 Å². The van der Waals surface area contributed by atoms with E-state index in [-0.39, 0.29) is 0 Å². The number of aromatic nitrogens is 1. The summed E-state index contributed by atoms with van der Waals surface area (Å²) in [4.78, 5) is 11.8. The van der Waals surface area contributed by atoms with Crippen LogP contribution in [0.5, 0.6) is 0 Å². The number of nitrogens with zero attached hydrogens (tertiary/aromatic N) is 3. The van der Waals surface area contributed by atoms with Gasteiger partial charge in [-0.3, -0.25) is 9.89 Å². The molecule has 2 heterocycles. The third-order valence-electron chi connectivity index (χ3n) is 7.52. The molecule has 7 heteroatoms. The second kappa shape index (κ2) is 9.96. The van der Waals surface area contributed by atoms with Crippen molar-refractivity contribution in [3.8, 4) is 0 Å². The van der Waals surface area contributed by atoms with Crippen LogP contribution in [-0.2, 0) is 17.7 Å². The van der Waals surface area contributed by atoms with E-state index < -0.39 is 0 Å². The number of hydrogen-bond donors (Lipinski definition) is 2. The summed E-state index contributed by atoms with van der Waals surface area (Å²) in [6.45, 7) is 9.46. The molecule has 0 amide bonds. The molecule has 0 aromatic carbocycles. The molecular weight excluding hydrogens is 394 g/mol. The van der Waals surface area contributed by atoms with Gasteiger partial charge < -0.3 is 15.4 Å². The highest BCUT2D eigenvalue weighted by Crippen LogP contribution is 2.57. The smallest absolute Gasteiger partial charge is 0.191 e. The lowest BCUT2D eigenvalue weighted by molar-refractivity contribution is -0.168. The molecule has 2 unspecified atom stereocenters. The molecule has 3 fully saturated rings. The number of thiazole rings is 1. The number of guanidine groups is 1. The fraction of sp³-hybridized carbons (Fsp3) is 0.826. The van der Waals surface area contributed by atoms with Gasteiger partial charge in [0.1, 0.15) is 0 Å². The SMILES string of the molecule is CCOC1CC(NC(=NC)NCC2CCN(Cc3csc(CC)n3)CC2)C12CCC2. The van der Waals surface area contributed by atoms with Crippen LogP contribution in [0.25, 0.3) is 0 Å². The molecule has 0 radical (unpaired) electrons. The van der Waals surface area contributed by atoms with E-state index in [1.807, 2.05) is 7.05 Å². The fourth-order valence-corrected chi connectivity index (χ4v) is 6.14. The molecule has 2 atom stereocenters. The third kappa shape index (κ3) is 4.68. The van der Waals surface area contributed by atoms with E-state index in [2.05, 4.69) is 39.8 Å². The zero-order chi connectivity index (χ0) is 21.0. The molecule has 1 aromatic heterocycles. The molecular formula is C23H39N5OS. The lowest BCUT2D eigenvalue weighted by atomic mass is 9.51. The minimum absolute atomic E-state index is 0.367. The summed E-state index contributed by atoms with van der Waals surface area (Å²) >= 11 is 1.80. The summed E-state index contributed by atoms with van der Waals surface area (Å²) in [5.41, 5.74) is 1.61. The topological polar surface area (TPSA) is 61.8 Å². The fourth-order valence-electron chi connectivity index (χ4n) is 5.40. The summed E-state index contributed by atoms with van der Waals surface area (Å²) in [5, 5.41) is 10.8. The molecule has 2 aliphatic carbocycles. The summed E-state index contributed by atoms with van der Waals surface area (Å²) in [6.07, 6.45) is 9.02. The number of hydrogen-bond acceptors (Lipinski definition) is 5. The number of aliphatic imine (C=N–C) groups is 1. The average Bonchev–Trinajstić information content (AvgIpc) is 3.17. The third-order valence-corrected chi connectivity index (χ3v) is 8.57. The molecule has 1 aliphatic heterocycles. The Morgan fingerprint density at radius 3 is 2.73 bits per heavy atom. The average molecular weight is 434 g/mol. The van der Waals surface area contributed by atoms with Crippen LogP contribution in [0.15, 0.2) is 10.4 Å². The number of ether oxygens (including phenoxy) is 1. The highest BCUT2D eigenvalue weighted by molar-refractivity contribution is 7.09. The minimum atomic E-state index is 0.367. The summed E-state index contributed by atoms with van der Waals surface area (Å²) in [6, 6.07) is 0.516. The predicted octanol–water partition coefficient (Wildman–Crippen LogP) is 3.43. The van der Waals surface area contributed by atoms with Crippen LogP contribution in [0.1, 0.15) is 63.1 Å². The van der Waals surface area contributed by atoms with Crippen LogP contribution in [0.4, 0.5) is 0 Å². The first-order valence-corrected chi connectivity index (χ1v) is 12.8. The van der Waals surface area contributed by atoms with E-state index in [0.29, 0.717) is 17.6 Å². The van der Waals surface area contributed by atoms with Gasteiger partial charge in [-0.15, -0.1) is 11.3 Å². The Morgan fingerprint density at radius 1 is 1.33 bits per heavy atom. The number of piperidine rings is 1. The van der Waals surface area contributed by atoms with Crippen molar-refractivity contribution >= 4 is 17.3 Å². The number of aryl methyl sites for hydroxylation is 1. The number of nitrogens with one attached hydrogen (secondary N) is 2. The summed E-state index contributed by atoms with van der Waals surface area (Å²) in [5.74, 6) is 1.69. The highest BCUT2D eigenvalue weighted by Gasteiger charge is 2.59. The molecule has 1 saturated heterocycles. The first-order valence-electron chi connectivity index (χ1n) is 11.9. The Labute approximate surface area is 185 Å². The monoisotopic (exact) mass is 433 g/mol. The highest BCUT2D eigenvalue weighted by atomic mass is 32.1. The van der Waals surface area contributed by atoms with Crippen LogP contribution >= 0.6 is 11.3 Å². The van der Waals surface area contributed by atoms with E-state index in [9.17, 15) is 0 Å². The van der Waals surface area contributed by atoms with Crippen molar-refractivity contribution in [2.24, 2.45) is 16.3 Å². The van der Waals surface area contributed by atoms with E-state index in [1.165, 1.54) is 55.9 Å². The van der Waals surface area contributed by atoms with Crippen molar-refractivity contribution in [1.82, 2.24) is 20.5 Å². The Morgan fingerprint density at radius 2 is 2.13 bits per heavy atom. The predicted molar refractivity (Wildman–Crippen MR) is 124 cm³/mol. The van der Waals surface area contributed by atoms with Crippen molar-refractivity contribution in [3.05, 3.63) is 16.1 Å². The second-order valence-electron chi connectivity index (χ2n) is 9.22. The van der Waals surface area contributed by atoms with Gasteiger partial charge in [-0.25, -0.2) is 4.98 Å². The van der Waals surface area contributed by atoms with Crippen molar-refractivity contribution in [1.29, 1.82) is 0 Å². The molecule has 1 aromatic rings. The normalized spacial score (nSPS) is 27.0. The number of rotatable bonds is 8. The van der Waals surface area contributed by atoms with Gasteiger partial charge >= 0.3 is 0 Å². The molecule has 4 rings (SSSR count). The maximum atomic E-state index is 5.99. The lowest BCUT2D eigenvalue weighted by Crippen LogP contribution is -2.68. The van der Waals surface area contributed by atoms with E-state index in [1.54, 1.807) is 11.3 Å². The molecule has 1 spiro atoms. The Kier molecular flexibility index (Phi) is 7.32. The quantitative estimate of drug-likeness (QED) is 0.486. The molecule has 3 aliphatic rings. The van der Waals surface area contributed by atoms with Gasteiger partial charge in [-0.2, -0.15) is 0 Å². The first kappa shape index (κ1) is 22.0. The van der Waals surface area contributed by atoms with E-state index in [0.717, 1.165) is 44.4 Å². The van der Waals surface area contributed by atoms with Crippen molar-refractivity contribution in [3.63, 3.8) is 0 Å². The standard InChI is InChI=1S/C23H39N5OS/c1-4-21-26-18(16-30-21)15-28-11-7-17(8-12-28)14-25-22(24-3)27-19-13-20(29-5-2)23(19)9-6-10-23/h16-17,19-20H,4-15H2,1-3H3,(H2,24,25,27). The summed E-state index contributed by atoms with van der Waals surface area (Å²) < 4.78 is 5.99. The molecule has 30 heavy (non-hydrogen) atoms. The summed E-state index contributed by atoms with van der Waals surface area (Å²) in [7, 11) is 1.89. The van der Waals surface area contributed by atoms with Crippen LogP contribution in [0.2, 0.25) is 0 Å². The van der Waals surface area contributed by atoms with Crippen LogP contribution in [0, 0.1) is 11.3 Å². The maximum absolute atomic E-state index is 5.99. The molecule has 168 valence electrons. The Balaban J connectivity index is 1.17. The van der Waals surface area contributed by atoms with Gasteiger partial charge in [-0.05, 0) is 64.5 Å². The van der Waals surface area contributed by atoms with Gasteiger partial charge in [0.25, 0.3) is 0 Å². The van der Waals surface area contributed by atoms with Crippen molar-refractivity contribution in [2.45, 2.75) is 77.5 Å². The van der Waals surface area contributed by atoms with Gasteiger partial charge in [0.15, 0.2) is 5.96 Å². The molecule has 2 N–H and O–H groups in total. The van der Waals surface area contributed by atoms with Gasteiger partial charge in [0, 0.05) is 43.6 Å². The zero-order valence-electron chi connectivity index (χ0n) is 19.0. The Hall–Kier alpha value is -1.18. The maximum Gasteiger partial charge on any atom is 0.191 e. The molecule has 2 saturated carbocycles. The minimum Gasteiger partial charge on any atom is -0.378 e. The second-order valence-corrected chi connectivity index (χ2v) is 10.2. The van der Waals surface area contributed by atoms with E-state index >= 15 is 0 Å². The Bertz CT molecular complexity index is 708. The van der Waals surface area contributed by atoms with Crippen LogP contribution < -0.4 is 10.6 Å². The molecule has 6 nitrogen and oxygen atoms in total. The van der Waals surface area contributed by atoms with Crippen molar-refractivity contribution in [2.75, 3.05) is 33.3 Å². The first-order chi connectivity index (χ1) is 14.7. The van der Waals surface area contributed by atoms with Crippen molar-refractivity contribution < 1.29 is 4.74 Å². The zero-order valence-corrected chi connectivity index (χ0v) is 19.8. The molecule has 0 bridgehead atoms. The van der Waals surface area contributed by atoms with Gasteiger partial charge in [0.05, 0.1) is 16.8 Å². The number of likely N-dealkylation sites (tertiary alicyclic amines) is 1. The van der Waals surface area contributed by atoms with Gasteiger partial charge in [0.2, 0.25) is 0 Å². The van der Waals surface area contributed by atoms with E-state index in [4.69, 9.17) is 9.72 Å². The largest absolute Gasteiger partial charge is 0.378 e. The van der Waals surface area contributed by atoms with Crippen LogP contribution in [0.3, 0.4) is 0 Å². The lowest BCUT2D eigenvalue weighted by Gasteiger charge is -2.61. The van der Waals surface area contributed by atoms with Crippen LogP contribution in [-0.4, -0.2) is 61.3 Å².